The maximum Gasteiger partial charge on any atom is 0.270 e. The fourth-order valence-electron chi connectivity index (χ4n) is 2.41. The fraction of sp³-hybridized carbons (Fsp3) is 0.125. The Bertz CT molecular complexity index is 1170. The van der Waals surface area contributed by atoms with Gasteiger partial charge >= 0.3 is 0 Å². The van der Waals surface area contributed by atoms with Gasteiger partial charge in [-0.15, -0.1) is 0 Å². The largest absolute Gasteiger partial charge is 0.387 e. The van der Waals surface area contributed by atoms with Gasteiger partial charge in [-0.05, 0) is 24.3 Å². The van der Waals surface area contributed by atoms with Crippen LogP contribution in [0.25, 0.3) is 10.2 Å². The molecule has 0 aliphatic rings. The highest BCUT2D eigenvalue weighted by atomic mass is 32.2. The van der Waals surface area contributed by atoms with Crippen LogP contribution in [0.5, 0.6) is 0 Å². The third kappa shape index (κ3) is 3.88. The molecule has 0 bridgehead atoms. The van der Waals surface area contributed by atoms with E-state index in [1.165, 1.54) is 30.3 Å². The molecule has 0 fully saturated rings. The van der Waals surface area contributed by atoms with Crippen LogP contribution in [0.2, 0.25) is 0 Å². The lowest BCUT2D eigenvalue weighted by Crippen LogP contribution is -2.14. The number of nitro groups is 1. The molecule has 1 amide bonds. The van der Waals surface area contributed by atoms with E-state index in [1.54, 1.807) is 13.1 Å². The van der Waals surface area contributed by atoms with E-state index in [2.05, 4.69) is 15.6 Å². The zero-order valence-corrected chi connectivity index (χ0v) is 15.8. The summed E-state index contributed by atoms with van der Waals surface area (Å²) in [7, 11) is -1.75. The van der Waals surface area contributed by atoms with Gasteiger partial charge in [0.25, 0.3) is 11.6 Å². The van der Waals surface area contributed by atoms with Crippen LogP contribution in [0.1, 0.15) is 10.4 Å². The van der Waals surface area contributed by atoms with E-state index in [4.69, 9.17) is 0 Å². The van der Waals surface area contributed by atoms with Crippen LogP contribution < -0.4 is 10.6 Å². The van der Waals surface area contributed by atoms with E-state index in [-0.39, 0.29) is 21.3 Å². The second-order valence-corrected chi connectivity index (χ2v) is 8.66. The number of amides is 1. The summed E-state index contributed by atoms with van der Waals surface area (Å²) < 4.78 is 23.9. The molecule has 3 aromatic rings. The van der Waals surface area contributed by atoms with E-state index in [0.717, 1.165) is 17.6 Å². The van der Waals surface area contributed by atoms with Gasteiger partial charge in [0.15, 0.2) is 15.0 Å². The van der Waals surface area contributed by atoms with Crippen molar-refractivity contribution in [1.29, 1.82) is 0 Å². The van der Waals surface area contributed by atoms with Crippen LogP contribution in [0, 0.1) is 10.1 Å². The Morgan fingerprint density at radius 1 is 1.22 bits per heavy atom. The second kappa shape index (κ2) is 6.93. The van der Waals surface area contributed by atoms with Crippen molar-refractivity contribution in [1.82, 2.24) is 4.98 Å². The molecule has 9 nitrogen and oxygen atoms in total. The number of carbonyl (C=O) groups is 1. The molecule has 11 heteroatoms. The first kappa shape index (κ1) is 18.7. The Balaban J connectivity index is 1.94. The Morgan fingerprint density at radius 3 is 2.59 bits per heavy atom. The van der Waals surface area contributed by atoms with Gasteiger partial charge in [0.05, 0.1) is 25.6 Å². The maximum absolute atomic E-state index is 12.6. The number of nitrogens with zero attached hydrogens (tertiary/aromatic N) is 2. The molecule has 0 aliphatic carbocycles. The molecule has 0 atom stereocenters. The minimum absolute atomic E-state index is 0.0998. The van der Waals surface area contributed by atoms with E-state index < -0.39 is 20.7 Å². The molecule has 0 unspecified atom stereocenters. The number of aromatic nitrogens is 1. The molecule has 0 radical (unpaired) electrons. The van der Waals surface area contributed by atoms with Gasteiger partial charge < -0.3 is 5.32 Å². The SMILES string of the molecule is CNc1ccc([N+](=O)[O-])cc1C(=O)Nc1nc2ccc(S(C)(=O)=O)cc2s1. The molecule has 0 saturated heterocycles. The van der Waals surface area contributed by atoms with E-state index in [1.807, 2.05) is 0 Å². The Kier molecular flexibility index (Phi) is 4.81. The van der Waals surface area contributed by atoms with Crippen LogP contribution in [0.3, 0.4) is 0 Å². The lowest BCUT2D eigenvalue weighted by Gasteiger charge is -2.08. The smallest absolute Gasteiger partial charge is 0.270 e. The Hall–Kier alpha value is -3.05. The number of carbonyl (C=O) groups excluding carboxylic acids is 1. The average Bonchev–Trinajstić information content (AvgIpc) is 3.01. The lowest BCUT2D eigenvalue weighted by atomic mass is 10.1. The van der Waals surface area contributed by atoms with Crippen molar-refractivity contribution in [2.45, 2.75) is 4.90 Å². The molecule has 1 heterocycles. The zero-order chi connectivity index (χ0) is 19.8. The average molecular weight is 406 g/mol. The highest BCUT2D eigenvalue weighted by molar-refractivity contribution is 7.90. The molecule has 0 spiro atoms. The molecule has 3 rings (SSSR count). The van der Waals surface area contributed by atoms with E-state index in [0.29, 0.717) is 15.9 Å². The number of rotatable bonds is 5. The normalized spacial score (nSPS) is 11.3. The monoisotopic (exact) mass is 406 g/mol. The van der Waals surface area contributed by atoms with Gasteiger partial charge in [-0.2, -0.15) is 0 Å². The van der Waals surface area contributed by atoms with Crippen LogP contribution >= 0.6 is 11.3 Å². The Labute approximate surface area is 158 Å². The molecular formula is C16H14N4O5S2. The number of hydrogen-bond donors (Lipinski definition) is 2. The fourth-order valence-corrected chi connectivity index (χ4v) is 4.03. The number of nitrogens with one attached hydrogen (secondary N) is 2. The summed E-state index contributed by atoms with van der Waals surface area (Å²) in [6.45, 7) is 0. The standard InChI is InChI=1S/C16H14N4O5S2/c1-17-12-5-3-9(20(22)23)7-11(12)15(21)19-16-18-13-6-4-10(27(2,24)25)8-14(13)26-16/h3-8,17H,1-2H3,(H,18,19,21). The number of benzene rings is 2. The summed E-state index contributed by atoms with van der Waals surface area (Å²) in [4.78, 5) is 27.4. The van der Waals surface area contributed by atoms with Crippen molar-refractivity contribution in [2.75, 3.05) is 23.9 Å². The molecule has 0 aliphatic heterocycles. The molecule has 0 saturated carbocycles. The number of fused-ring (bicyclic) bond motifs is 1. The summed E-state index contributed by atoms with van der Waals surface area (Å²) in [5, 5.41) is 16.6. The van der Waals surface area contributed by atoms with Gasteiger partial charge in [-0.1, -0.05) is 11.3 Å². The highest BCUT2D eigenvalue weighted by Gasteiger charge is 2.18. The molecule has 2 aromatic carbocycles. The van der Waals surface area contributed by atoms with Crippen LogP contribution in [0.15, 0.2) is 41.3 Å². The van der Waals surface area contributed by atoms with E-state index >= 15 is 0 Å². The number of anilines is 2. The molecule has 2 N–H and O–H groups in total. The minimum Gasteiger partial charge on any atom is -0.387 e. The number of nitro benzene ring substituents is 1. The maximum atomic E-state index is 12.6. The van der Waals surface area contributed by atoms with Gasteiger partial charge in [0.1, 0.15) is 0 Å². The summed E-state index contributed by atoms with van der Waals surface area (Å²) in [6.07, 6.45) is 1.11. The first-order valence-electron chi connectivity index (χ1n) is 7.57. The van der Waals surface area contributed by atoms with Crippen LogP contribution in [-0.4, -0.2) is 37.5 Å². The van der Waals surface area contributed by atoms with Crippen LogP contribution in [-0.2, 0) is 9.84 Å². The highest BCUT2D eigenvalue weighted by Crippen LogP contribution is 2.29. The second-order valence-electron chi connectivity index (χ2n) is 5.61. The third-order valence-electron chi connectivity index (χ3n) is 3.74. The molecule has 27 heavy (non-hydrogen) atoms. The van der Waals surface area contributed by atoms with Crippen molar-refractivity contribution in [2.24, 2.45) is 0 Å². The van der Waals surface area contributed by atoms with Gasteiger partial charge in [0, 0.05) is 31.1 Å². The number of hydrogen-bond acceptors (Lipinski definition) is 8. The Morgan fingerprint density at radius 2 is 1.96 bits per heavy atom. The zero-order valence-electron chi connectivity index (χ0n) is 14.2. The predicted octanol–water partition coefficient (Wildman–Crippen LogP) is 2.90. The number of sulfone groups is 1. The van der Waals surface area contributed by atoms with E-state index in [9.17, 15) is 23.3 Å². The number of non-ortho nitro benzene ring substituents is 1. The predicted molar refractivity (Wildman–Crippen MR) is 103 cm³/mol. The summed E-state index contributed by atoms with van der Waals surface area (Å²) in [5.74, 6) is -0.564. The first-order chi connectivity index (χ1) is 12.7. The van der Waals surface area contributed by atoms with Gasteiger partial charge in [0.2, 0.25) is 0 Å². The third-order valence-corrected chi connectivity index (χ3v) is 5.78. The van der Waals surface area contributed by atoms with Crippen LogP contribution in [0.4, 0.5) is 16.5 Å². The topological polar surface area (TPSA) is 131 Å². The summed E-state index contributed by atoms with van der Waals surface area (Å²) in [5.41, 5.74) is 0.859. The minimum atomic E-state index is -3.35. The molecule has 1 aromatic heterocycles. The molecule has 140 valence electrons. The van der Waals surface area contributed by atoms with Gasteiger partial charge in [-0.3, -0.25) is 20.2 Å². The van der Waals surface area contributed by atoms with Crippen molar-refractivity contribution in [3.8, 4) is 0 Å². The number of thiazole rings is 1. The lowest BCUT2D eigenvalue weighted by molar-refractivity contribution is -0.384. The molecular weight excluding hydrogens is 392 g/mol. The van der Waals surface area contributed by atoms with Crippen molar-refractivity contribution < 1.29 is 18.1 Å². The first-order valence-corrected chi connectivity index (χ1v) is 10.3. The van der Waals surface area contributed by atoms with Crippen molar-refractivity contribution in [3.63, 3.8) is 0 Å². The summed E-state index contributed by atoms with van der Waals surface area (Å²) in [6, 6.07) is 8.42. The van der Waals surface area contributed by atoms with Gasteiger partial charge in [-0.25, -0.2) is 13.4 Å². The van der Waals surface area contributed by atoms with Crippen molar-refractivity contribution in [3.05, 3.63) is 52.1 Å². The van der Waals surface area contributed by atoms with Crippen molar-refractivity contribution >= 4 is 53.8 Å². The quantitative estimate of drug-likeness (QED) is 0.492. The summed E-state index contributed by atoms with van der Waals surface area (Å²) >= 11 is 1.11.